The first-order valence-corrected chi connectivity index (χ1v) is 3.12. The Hall–Kier alpha value is -0.870. The first kappa shape index (κ1) is 12.8. The van der Waals surface area contributed by atoms with Gasteiger partial charge in [0.2, 0.25) is 0 Å². The van der Waals surface area contributed by atoms with Crippen LogP contribution in [-0.2, 0) is 9.53 Å². The van der Waals surface area contributed by atoms with E-state index in [9.17, 15) is 4.79 Å². The summed E-state index contributed by atoms with van der Waals surface area (Å²) in [4.78, 5) is 10.6. The molecule has 0 rings (SSSR count). The Kier molecular flexibility index (Phi) is 8.41. The van der Waals surface area contributed by atoms with Gasteiger partial charge in [-0.05, 0) is 6.92 Å². The summed E-state index contributed by atoms with van der Waals surface area (Å²) in [5.74, 6) is -0.395. The number of aliphatic hydroxyl groups excluding tert-OH is 1. The Morgan fingerprint density at radius 2 is 2.18 bits per heavy atom. The van der Waals surface area contributed by atoms with Crippen LogP contribution in [0.25, 0.3) is 0 Å². The van der Waals surface area contributed by atoms with Crippen LogP contribution in [-0.4, -0.2) is 24.3 Å². The molecule has 0 aromatic heterocycles. The summed E-state index contributed by atoms with van der Waals surface area (Å²) in [5.41, 5.74) is 0.387. The van der Waals surface area contributed by atoms with Gasteiger partial charge in [0, 0.05) is 18.6 Å². The van der Waals surface area contributed by atoms with Crippen molar-refractivity contribution >= 4 is 5.97 Å². The lowest BCUT2D eigenvalue weighted by Crippen LogP contribution is -2.06. The molecule has 0 bridgehead atoms. The molecule has 66 valence electrons. The first-order valence-electron chi connectivity index (χ1n) is 3.12. The van der Waals surface area contributed by atoms with Crippen LogP contribution in [0.3, 0.4) is 0 Å². The summed E-state index contributed by atoms with van der Waals surface area (Å²) in [6.45, 7) is 5.29. The quantitative estimate of drug-likeness (QED) is 0.360. The molecule has 0 radical (unpaired) electrons. The summed E-state index contributed by atoms with van der Waals surface area (Å²) in [6, 6.07) is 0. The summed E-state index contributed by atoms with van der Waals surface area (Å²) in [5, 5.41) is 8.30. The number of esters is 1. The van der Waals surface area contributed by atoms with Gasteiger partial charge in [0.15, 0.2) is 0 Å². The van der Waals surface area contributed by atoms with Crippen molar-refractivity contribution in [3.63, 3.8) is 0 Å². The van der Waals surface area contributed by atoms with Crippen molar-refractivity contribution in [1.29, 1.82) is 0 Å². The molecule has 4 nitrogen and oxygen atoms in total. The van der Waals surface area contributed by atoms with Crippen LogP contribution in [0.15, 0.2) is 12.2 Å². The van der Waals surface area contributed by atoms with Crippen molar-refractivity contribution in [1.82, 2.24) is 6.15 Å². The van der Waals surface area contributed by atoms with Crippen molar-refractivity contribution in [3.8, 4) is 0 Å². The van der Waals surface area contributed by atoms with Crippen LogP contribution in [0.4, 0.5) is 0 Å². The Morgan fingerprint density at radius 1 is 1.64 bits per heavy atom. The Bertz CT molecular complexity index is 134. The maximum Gasteiger partial charge on any atom is 0.333 e. The first-order chi connectivity index (χ1) is 4.68. The van der Waals surface area contributed by atoms with Crippen molar-refractivity contribution in [2.75, 3.05) is 13.2 Å². The second-order valence-electron chi connectivity index (χ2n) is 1.99. The highest BCUT2D eigenvalue weighted by atomic mass is 16.5. The monoisotopic (exact) mass is 161 g/mol. The second kappa shape index (κ2) is 7.24. The number of carbonyl (C=O) groups is 1. The molecule has 4 heteroatoms. The zero-order chi connectivity index (χ0) is 7.98. The summed E-state index contributed by atoms with van der Waals surface area (Å²) in [6.07, 6.45) is 0.485. The second-order valence-corrected chi connectivity index (χ2v) is 1.99. The molecule has 11 heavy (non-hydrogen) atoms. The lowest BCUT2D eigenvalue weighted by Gasteiger charge is -2.00. The fourth-order valence-corrected chi connectivity index (χ4v) is 0.353. The average molecular weight is 161 g/mol. The third-order valence-corrected chi connectivity index (χ3v) is 0.884. The molecule has 0 aliphatic heterocycles. The molecule has 0 spiro atoms. The number of ether oxygens (including phenoxy) is 1. The maximum atomic E-state index is 10.6. The molecule has 0 heterocycles. The molecule has 0 fully saturated rings. The minimum Gasteiger partial charge on any atom is -0.462 e. The zero-order valence-electron chi connectivity index (χ0n) is 6.80. The minimum atomic E-state index is -0.395. The van der Waals surface area contributed by atoms with E-state index in [-0.39, 0.29) is 19.4 Å². The van der Waals surface area contributed by atoms with E-state index in [1.54, 1.807) is 6.92 Å². The largest absolute Gasteiger partial charge is 0.462 e. The fraction of sp³-hybridized carbons (Fsp3) is 0.571. The van der Waals surface area contributed by atoms with E-state index in [0.717, 1.165) is 0 Å². The van der Waals surface area contributed by atoms with E-state index in [4.69, 9.17) is 5.11 Å². The van der Waals surface area contributed by atoms with Crippen LogP contribution in [0, 0.1) is 0 Å². The number of hydrogen-bond donors (Lipinski definition) is 2. The van der Waals surface area contributed by atoms with Gasteiger partial charge in [-0.25, -0.2) is 4.79 Å². The highest BCUT2D eigenvalue weighted by molar-refractivity contribution is 5.86. The molecule has 0 aliphatic carbocycles. The molecule has 0 amide bonds. The molecule has 0 aromatic carbocycles. The average Bonchev–Trinajstić information content (AvgIpc) is 1.88. The van der Waals surface area contributed by atoms with E-state index in [1.165, 1.54) is 0 Å². The van der Waals surface area contributed by atoms with Gasteiger partial charge in [-0.15, -0.1) is 0 Å². The summed E-state index contributed by atoms with van der Waals surface area (Å²) >= 11 is 0. The highest BCUT2D eigenvalue weighted by Gasteiger charge is 2.00. The third kappa shape index (κ3) is 7.02. The predicted octanol–water partition coefficient (Wildman–Crippen LogP) is 0.650. The normalized spacial score (nSPS) is 8.18. The van der Waals surface area contributed by atoms with E-state index < -0.39 is 5.97 Å². The van der Waals surface area contributed by atoms with E-state index >= 15 is 0 Å². The van der Waals surface area contributed by atoms with Crippen molar-refractivity contribution in [2.24, 2.45) is 0 Å². The number of rotatable bonds is 4. The van der Waals surface area contributed by atoms with Gasteiger partial charge >= 0.3 is 5.97 Å². The molecule has 0 saturated carbocycles. The predicted molar refractivity (Wildman–Crippen MR) is 42.5 cm³/mol. The lowest BCUT2D eigenvalue weighted by atomic mass is 10.4. The Balaban J connectivity index is 0. The van der Waals surface area contributed by atoms with E-state index in [1.807, 2.05) is 0 Å². The fourth-order valence-electron chi connectivity index (χ4n) is 0.353. The smallest absolute Gasteiger partial charge is 0.333 e. The van der Waals surface area contributed by atoms with Gasteiger partial charge < -0.3 is 16.0 Å². The number of aliphatic hydroxyl groups is 1. The molecule has 0 atom stereocenters. The van der Waals surface area contributed by atoms with Crippen molar-refractivity contribution in [3.05, 3.63) is 12.2 Å². The SMILES string of the molecule is C=C(C)C(=O)OCCCO.N. The van der Waals surface area contributed by atoms with Crippen LogP contribution >= 0.6 is 0 Å². The lowest BCUT2D eigenvalue weighted by molar-refractivity contribution is -0.139. The van der Waals surface area contributed by atoms with Gasteiger partial charge in [-0.3, -0.25) is 0 Å². The molecule has 4 N–H and O–H groups in total. The van der Waals surface area contributed by atoms with Crippen LogP contribution < -0.4 is 6.15 Å². The van der Waals surface area contributed by atoms with Gasteiger partial charge in [0.1, 0.15) is 0 Å². The van der Waals surface area contributed by atoms with Crippen LogP contribution in [0.1, 0.15) is 13.3 Å². The highest BCUT2D eigenvalue weighted by Crippen LogP contribution is 1.92. The summed E-state index contributed by atoms with van der Waals surface area (Å²) < 4.78 is 4.65. The number of hydrogen-bond acceptors (Lipinski definition) is 4. The van der Waals surface area contributed by atoms with Gasteiger partial charge in [-0.1, -0.05) is 6.58 Å². The topological polar surface area (TPSA) is 81.5 Å². The Morgan fingerprint density at radius 3 is 2.55 bits per heavy atom. The van der Waals surface area contributed by atoms with Gasteiger partial charge in [0.25, 0.3) is 0 Å². The minimum absolute atomic E-state index is 0. The van der Waals surface area contributed by atoms with Gasteiger partial charge in [0.05, 0.1) is 6.61 Å². The molecule has 0 aromatic rings. The third-order valence-electron chi connectivity index (χ3n) is 0.884. The molecular formula is C7H15NO3. The van der Waals surface area contributed by atoms with Gasteiger partial charge in [-0.2, -0.15) is 0 Å². The zero-order valence-corrected chi connectivity index (χ0v) is 6.80. The maximum absolute atomic E-state index is 10.6. The molecule has 0 saturated heterocycles. The Labute approximate surface area is 66.4 Å². The molecular weight excluding hydrogens is 146 g/mol. The van der Waals surface area contributed by atoms with Crippen LogP contribution in [0.2, 0.25) is 0 Å². The van der Waals surface area contributed by atoms with Crippen molar-refractivity contribution < 1.29 is 14.6 Å². The summed E-state index contributed by atoms with van der Waals surface area (Å²) in [7, 11) is 0. The standard InChI is InChI=1S/C7H12O3.H3N/c1-6(2)7(9)10-5-3-4-8;/h8H,1,3-5H2,2H3;1H3. The van der Waals surface area contributed by atoms with E-state index in [2.05, 4.69) is 11.3 Å². The van der Waals surface area contributed by atoms with E-state index in [0.29, 0.717) is 12.0 Å². The number of carbonyl (C=O) groups excluding carboxylic acids is 1. The molecule has 0 unspecified atom stereocenters. The van der Waals surface area contributed by atoms with Crippen molar-refractivity contribution in [2.45, 2.75) is 13.3 Å². The van der Waals surface area contributed by atoms with Crippen LogP contribution in [0.5, 0.6) is 0 Å². The molecule has 0 aliphatic rings.